The van der Waals surface area contributed by atoms with Crippen LogP contribution in [0.1, 0.15) is 21.6 Å². The summed E-state index contributed by atoms with van der Waals surface area (Å²) in [4.78, 5) is 19.6. The summed E-state index contributed by atoms with van der Waals surface area (Å²) in [6.45, 7) is 3.11. The van der Waals surface area contributed by atoms with E-state index >= 15 is 0 Å². The van der Waals surface area contributed by atoms with Gasteiger partial charge in [0.05, 0.1) is 11.9 Å². The lowest BCUT2D eigenvalue weighted by Gasteiger charge is -2.06. The molecule has 0 spiro atoms. The van der Waals surface area contributed by atoms with E-state index in [0.717, 1.165) is 55.7 Å². The fourth-order valence-corrected chi connectivity index (χ4v) is 5.31. The third-order valence-electron chi connectivity index (χ3n) is 5.52. The van der Waals surface area contributed by atoms with E-state index in [1.54, 1.807) is 11.3 Å². The van der Waals surface area contributed by atoms with Crippen LogP contribution in [0.25, 0.3) is 21.6 Å². The molecule has 2 aromatic heterocycles. The Morgan fingerprint density at radius 2 is 2.00 bits per heavy atom. The third-order valence-corrected chi connectivity index (χ3v) is 6.69. The van der Waals surface area contributed by atoms with Gasteiger partial charge in [0.15, 0.2) is 11.5 Å². The van der Waals surface area contributed by atoms with Crippen LogP contribution in [-0.2, 0) is 13.0 Å². The summed E-state index contributed by atoms with van der Waals surface area (Å²) in [7, 11) is 0. The second-order valence-corrected chi connectivity index (χ2v) is 8.37. The fraction of sp³-hybridized carbons (Fsp3) is 0.182. The molecule has 0 atom stereocenters. The van der Waals surface area contributed by atoms with Crippen molar-refractivity contribution in [3.8, 4) is 22.9 Å². The molecular formula is C22H16N2O3S. The Kier molecular flexibility index (Phi) is 3.23. The highest BCUT2D eigenvalue weighted by Crippen LogP contribution is 2.38. The predicted octanol–water partition coefficient (Wildman–Crippen LogP) is 4.11. The number of aromatic nitrogens is 2. The molecule has 4 aromatic rings. The van der Waals surface area contributed by atoms with Crippen molar-refractivity contribution in [1.29, 1.82) is 0 Å². The maximum Gasteiger partial charge on any atom is 0.282 e. The molecule has 6 rings (SSSR count). The predicted molar refractivity (Wildman–Crippen MR) is 109 cm³/mol. The van der Waals surface area contributed by atoms with Gasteiger partial charge in [0.1, 0.15) is 10.7 Å². The van der Waals surface area contributed by atoms with Crippen molar-refractivity contribution in [3.05, 3.63) is 74.4 Å². The zero-order chi connectivity index (χ0) is 18.8. The highest BCUT2D eigenvalue weighted by molar-refractivity contribution is 7.18. The van der Waals surface area contributed by atoms with Gasteiger partial charge in [-0.25, -0.2) is 0 Å². The molecule has 0 saturated heterocycles. The van der Waals surface area contributed by atoms with Crippen molar-refractivity contribution in [3.63, 3.8) is 0 Å². The van der Waals surface area contributed by atoms with Crippen LogP contribution in [0.5, 0.6) is 11.5 Å². The Morgan fingerprint density at radius 1 is 1.14 bits per heavy atom. The van der Waals surface area contributed by atoms with Gasteiger partial charge in [0.25, 0.3) is 5.56 Å². The standard InChI is InChI=1S/C22H16N2O3S/c1-12-16(8-13-6-7-17-18(9-13)27-11-26-17)19-21(25)23-20-15-5-3-2-4-14(15)10-24(20)22(19)28-12/h2-7,9H,8,10-11H2,1H3. The van der Waals surface area contributed by atoms with Crippen LogP contribution in [0, 0.1) is 6.92 Å². The zero-order valence-corrected chi connectivity index (χ0v) is 16.0. The van der Waals surface area contributed by atoms with E-state index in [9.17, 15) is 4.79 Å². The number of thiophene rings is 1. The van der Waals surface area contributed by atoms with E-state index < -0.39 is 0 Å². The molecule has 0 aliphatic carbocycles. The highest BCUT2D eigenvalue weighted by Gasteiger charge is 2.25. The molecule has 0 fully saturated rings. The first-order chi connectivity index (χ1) is 13.7. The number of benzene rings is 2. The lowest BCUT2D eigenvalue weighted by molar-refractivity contribution is 0.174. The van der Waals surface area contributed by atoms with Gasteiger partial charge in [-0.2, -0.15) is 4.98 Å². The Bertz CT molecular complexity index is 1340. The van der Waals surface area contributed by atoms with Gasteiger partial charge in [-0.3, -0.25) is 4.79 Å². The van der Waals surface area contributed by atoms with Crippen LogP contribution >= 0.6 is 11.3 Å². The van der Waals surface area contributed by atoms with Gasteiger partial charge in [-0.1, -0.05) is 30.3 Å². The number of hydrogen-bond donors (Lipinski definition) is 0. The normalized spacial score (nSPS) is 13.8. The maximum absolute atomic E-state index is 13.0. The molecule has 2 aliphatic heterocycles. The van der Waals surface area contributed by atoms with Crippen molar-refractivity contribution in [2.45, 2.75) is 19.9 Å². The summed E-state index contributed by atoms with van der Waals surface area (Å²) in [5, 5.41) is 0.747. The molecule has 0 saturated carbocycles. The van der Waals surface area contributed by atoms with Crippen molar-refractivity contribution < 1.29 is 9.47 Å². The molecule has 6 heteroatoms. The largest absolute Gasteiger partial charge is 0.454 e. The first-order valence-electron chi connectivity index (χ1n) is 9.18. The number of fused-ring (bicyclic) bond motifs is 6. The average molecular weight is 388 g/mol. The van der Waals surface area contributed by atoms with E-state index in [-0.39, 0.29) is 12.4 Å². The van der Waals surface area contributed by atoms with Gasteiger partial charge in [0, 0.05) is 10.4 Å². The van der Waals surface area contributed by atoms with Crippen molar-refractivity contribution in [2.24, 2.45) is 0 Å². The van der Waals surface area contributed by atoms with E-state index in [4.69, 9.17) is 9.47 Å². The summed E-state index contributed by atoms with van der Waals surface area (Å²) < 4.78 is 13.1. The van der Waals surface area contributed by atoms with Gasteiger partial charge >= 0.3 is 0 Å². The number of ether oxygens (including phenoxy) is 2. The van der Waals surface area contributed by atoms with E-state index in [1.807, 2.05) is 36.4 Å². The lowest BCUT2D eigenvalue weighted by Crippen LogP contribution is -2.13. The molecule has 138 valence electrons. The number of hydrogen-bond acceptors (Lipinski definition) is 5. The van der Waals surface area contributed by atoms with Crippen molar-refractivity contribution in [2.75, 3.05) is 6.79 Å². The molecule has 4 heterocycles. The summed E-state index contributed by atoms with van der Waals surface area (Å²) in [5.74, 6) is 2.32. The Balaban J connectivity index is 1.51. The van der Waals surface area contributed by atoms with Crippen molar-refractivity contribution >= 4 is 21.6 Å². The molecule has 0 bridgehead atoms. The minimum absolute atomic E-state index is 0.141. The van der Waals surface area contributed by atoms with Crippen LogP contribution in [0.4, 0.5) is 0 Å². The SMILES string of the molecule is Cc1sc2c(c1Cc1ccc3c(c1)OCO3)c(=O)nc1n2Cc2ccccc2-1. The summed E-state index contributed by atoms with van der Waals surface area (Å²) >= 11 is 1.68. The minimum atomic E-state index is -0.141. The molecule has 0 radical (unpaired) electrons. The molecular weight excluding hydrogens is 372 g/mol. The average Bonchev–Trinajstić information content (AvgIpc) is 3.38. The van der Waals surface area contributed by atoms with E-state index in [0.29, 0.717) is 6.42 Å². The summed E-state index contributed by atoms with van der Waals surface area (Å²) in [6.07, 6.45) is 0.672. The Hall–Kier alpha value is -3.12. The molecule has 5 nitrogen and oxygen atoms in total. The lowest BCUT2D eigenvalue weighted by atomic mass is 10.0. The van der Waals surface area contributed by atoms with Gasteiger partial charge < -0.3 is 14.0 Å². The van der Waals surface area contributed by atoms with Gasteiger partial charge in [-0.15, -0.1) is 11.3 Å². The maximum atomic E-state index is 13.0. The topological polar surface area (TPSA) is 53.4 Å². The second kappa shape index (κ2) is 5.69. The van der Waals surface area contributed by atoms with Crippen LogP contribution in [0.2, 0.25) is 0 Å². The molecule has 0 unspecified atom stereocenters. The first kappa shape index (κ1) is 15.9. The first-order valence-corrected chi connectivity index (χ1v) is 10.0. The quantitative estimate of drug-likeness (QED) is 0.457. The Morgan fingerprint density at radius 3 is 2.93 bits per heavy atom. The fourth-order valence-electron chi connectivity index (χ4n) is 4.15. The third kappa shape index (κ3) is 2.18. The smallest absolute Gasteiger partial charge is 0.282 e. The van der Waals surface area contributed by atoms with Gasteiger partial charge in [0.2, 0.25) is 6.79 Å². The van der Waals surface area contributed by atoms with Crippen LogP contribution in [0.3, 0.4) is 0 Å². The number of rotatable bonds is 2. The molecule has 0 N–H and O–H groups in total. The second-order valence-electron chi connectivity index (χ2n) is 7.17. The highest BCUT2D eigenvalue weighted by atomic mass is 32.1. The summed E-state index contributed by atoms with van der Waals surface area (Å²) in [5.41, 5.74) is 4.29. The number of aryl methyl sites for hydroxylation is 1. The van der Waals surface area contributed by atoms with Crippen LogP contribution < -0.4 is 15.0 Å². The zero-order valence-electron chi connectivity index (χ0n) is 15.2. The molecule has 2 aliphatic rings. The van der Waals surface area contributed by atoms with Gasteiger partial charge in [-0.05, 0) is 42.2 Å². The number of nitrogens with zero attached hydrogens (tertiary/aromatic N) is 2. The van der Waals surface area contributed by atoms with E-state index in [2.05, 4.69) is 22.5 Å². The molecule has 2 aromatic carbocycles. The molecule has 28 heavy (non-hydrogen) atoms. The summed E-state index contributed by atoms with van der Waals surface area (Å²) in [6, 6.07) is 14.1. The van der Waals surface area contributed by atoms with Crippen LogP contribution in [-0.4, -0.2) is 16.3 Å². The molecule has 0 amide bonds. The monoisotopic (exact) mass is 388 g/mol. The minimum Gasteiger partial charge on any atom is -0.454 e. The van der Waals surface area contributed by atoms with E-state index in [1.165, 1.54) is 5.56 Å². The van der Waals surface area contributed by atoms with Crippen LogP contribution in [0.15, 0.2) is 47.3 Å². The Labute approximate surface area is 164 Å². The van der Waals surface area contributed by atoms with Crippen molar-refractivity contribution in [1.82, 2.24) is 9.55 Å².